The number of benzene rings is 1. The largest absolute Gasteiger partial charge is 0.481 e. The predicted octanol–water partition coefficient (Wildman–Crippen LogP) is 6.62. The van der Waals surface area contributed by atoms with Crippen molar-refractivity contribution in [2.24, 2.45) is 0 Å². The number of pyridine rings is 1. The first-order valence-corrected chi connectivity index (χ1v) is 13.2. The number of hydrogen-bond acceptors (Lipinski definition) is 8. The Kier molecular flexibility index (Phi) is 9.11. The second-order valence-corrected chi connectivity index (χ2v) is 9.63. The van der Waals surface area contributed by atoms with Gasteiger partial charge in [0.1, 0.15) is 0 Å². The van der Waals surface area contributed by atoms with E-state index in [1.165, 1.54) is 12.0 Å². The number of fused-ring (bicyclic) bond motifs is 1. The molecule has 2 aromatic heterocycles. The number of halogens is 6. The zero-order valence-electron chi connectivity index (χ0n) is 23.2. The molecule has 3 aromatic rings. The monoisotopic (exact) mass is 611 g/mol. The van der Waals surface area contributed by atoms with Gasteiger partial charge in [-0.2, -0.15) is 26.3 Å². The second kappa shape index (κ2) is 12.4. The number of carbonyl (C=O) groups is 2. The highest BCUT2D eigenvalue weighted by Gasteiger charge is 2.39. The van der Waals surface area contributed by atoms with Crippen LogP contribution < -0.4 is 15.0 Å². The maximum Gasteiger partial charge on any atom is 0.416 e. The first kappa shape index (κ1) is 31.5. The summed E-state index contributed by atoms with van der Waals surface area (Å²) in [4.78, 5) is 39.0. The van der Waals surface area contributed by atoms with Crippen molar-refractivity contribution in [2.45, 2.75) is 57.5 Å². The average Bonchev–Trinajstić information content (AvgIpc) is 2.95. The smallest absolute Gasteiger partial charge is 0.416 e. The highest BCUT2D eigenvalue weighted by Crippen LogP contribution is 2.40. The summed E-state index contributed by atoms with van der Waals surface area (Å²) < 4.78 is 90.9. The zero-order chi connectivity index (χ0) is 31.5. The fraction of sp³-hybridized carbons (Fsp3) is 0.393. The average molecular weight is 612 g/mol. The van der Waals surface area contributed by atoms with Crippen molar-refractivity contribution in [3.8, 4) is 5.88 Å². The molecule has 15 heteroatoms. The molecule has 1 aliphatic heterocycles. The molecular formula is C28H27F6N5O4. The summed E-state index contributed by atoms with van der Waals surface area (Å²) in [6.07, 6.45) is -8.79. The van der Waals surface area contributed by atoms with Crippen LogP contribution in [0.25, 0.3) is 0 Å². The van der Waals surface area contributed by atoms with E-state index in [0.717, 1.165) is 6.20 Å². The minimum atomic E-state index is -5.03. The van der Waals surface area contributed by atoms with Gasteiger partial charge >= 0.3 is 18.4 Å². The normalized spacial score (nSPS) is 16.8. The Labute approximate surface area is 242 Å². The summed E-state index contributed by atoms with van der Waals surface area (Å²) in [6.45, 7) is 3.72. The number of aldehydes is 1. The van der Waals surface area contributed by atoms with Gasteiger partial charge in [-0.05, 0) is 49.6 Å². The molecule has 0 fully saturated rings. The molecule has 9 nitrogen and oxygen atoms in total. The first-order chi connectivity index (χ1) is 20.3. The molecule has 1 N–H and O–H groups in total. The molecule has 0 aliphatic carbocycles. The van der Waals surface area contributed by atoms with Crippen LogP contribution in [0.2, 0.25) is 0 Å². The Morgan fingerprint density at radius 2 is 1.74 bits per heavy atom. The van der Waals surface area contributed by atoms with Crippen LogP contribution >= 0.6 is 0 Å². The van der Waals surface area contributed by atoms with Gasteiger partial charge in [-0.15, -0.1) is 0 Å². The van der Waals surface area contributed by atoms with Crippen LogP contribution in [0.1, 0.15) is 71.2 Å². The topological polar surface area (TPSA) is 107 Å². The third kappa shape index (κ3) is 6.97. The number of aromatic nitrogens is 3. The van der Waals surface area contributed by atoms with Crippen LogP contribution in [0, 0.1) is 0 Å². The van der Waals surface area contributed by atoms with E-state index in [2.05, 4.69) is 20.3 Å². The number of rotatable bonds is 8. The fourth-order valence-corrected chi connectivity index (χ4v) is 4.83. The molecule has 3 heterocycles. The maximum absolute atomic E-state index is 13.4. The Morgan fingerprint density at radius 1 is 1.07 bits per heavy atom. The molecule has 230 valence electrons. The summed E-state index contributed by atoms with van der Waals surface area (Å²) in [7, 11) is 1.42. The number of alkyl halides is 6. The molecule has 1 aliphatic rings. The van der Waals surface area contributed by atoms with E-state index in [9.17, 15) is 35.9 Å². The zero-order valence-corrected chi connectivity index (χ0v) is 23.2. The number of nitrogens with zero attached hydrogens (tertiary/aromatic N) is 4. The molecule has 43 heavy (non-hydrogen) atoms. The summed E-state index contributed by atoms with van der Waals surface area (Å²) in [5, 5.41) is 3.10. The van der Waals surface area contributed by atoms with Crippen molar-refractivity contribution in [1.82, 2.24) is 15.0 Å². The first-order valence-electron chi connectivity index (χ1n) is 13.2. The molecule has 1 aromatic carbocycles. The van der Waals surface area contributed by atoms with Gasteiger partial charge in [-0.25, -0.2) is 19.7 Å². The van der Waals surface area contributed by atoms with Gasteiger partial charge < -0.3 is 14.8 Å². The van der Waals surface area contributed by atoms with Gasteiger partial charge in [0.15, 0.2) is 6.29 Å². The van der Waals surface area contributed by atoms with Crippen molar-refractivity contribution in [1.29, 1.82) is 0 Å². The number of ether oxygens (including phenoxy) is 2. The number of nitrogens with one attached hydrogen (secondary N) is 1. The molecule has 0 saturated carbocycles. The number of hydrogen-bond donors (Lipinski definition) is 1. The molecule has 0 unspecified atom stereocenters. The Hall–Kier alpha value is -4.43. The molecule has 2 atom stereocenters. The third-order valence-corrected chi connectivity index (χ3v) is 6.83. The fourth-order valence-electron chi connectivity index (χ4n) is 4.83. The van der Waals surface area contributed by atoms with Crippen molar-refractivity contribution in [2.75, 3.05) is 23.9 Å². The Bertz CT molecular complexity index is 1470. The van der Waals surface area contributed by atoms with E-state index >= 15 is 0 Å². The van der Waals surface area contributed by atoms with E-state index < -0.39 is 42.0 Å². The Morgan fingerprint density at radius 3 is 2.30 bits per heavy atom. The van der Waals surface area contributed by atoms with Gasteiger partial charge in [0.25, 0.3) is 0 Å². The lowest BCUT2D eigenvalue weighted by Crippen LogP contribution is -2.46. The van der Waals surface area contributed by atoms with Crippen LogP contribution in [0.5, 0.6) is 5.88 Å². The van der Waals surface area contributed by atoms with E-state index in [4.69, 9.17) is 9.47 Å². The van der Waals surface area contributed by atoms with Crippen molar-refractivity contribution >= 4 is 24.0 Å². The third-order valence-electron chi connectivity index (χ3n) is 6.83. The number of carbonyl (C=O) groups excluding carboxylic acids is 2. The van der Waals surface area contributed by atoms with Crippen LogP contribution in [0.3, 0.4) is 0 Å². The van der Waals surface area contributed by atoms with E-state index in [-0.39, 0.29) is 47.4 Å². The van der Waals surface area contributed by atoms with Crippen LogP contribution in [-0.4, -0.2) is 47.1 Å². The molecule has 0 spiro atoms. The number of anilines is 2. The molecule has 0 radical (unpaired) electrons. The SMILES string of the molecule is CCOC(=O)N1c2ccc(OC)nc2[C@@H](Nc2ncc(C=O)c(Cc3cc(C(F)(F)F)cc(C(F)(F)F)c3)n2)C[C@H]1CC. The van der Waals surface area contributed by atoms with Crippen LogP contribution in [0.15, 0.2) is 36.5 Å². The molecule has 0 saturated heterocycles. The Balaban J connectivity index is 1.72. The summed E-state index contributed by atoms with van der Waals surface area (Å²) in [5.41, 5.74) is -2.66. The predicted molar refractivity (Wildman–Crippen MR) is 142 cm³/mol. The van der Waals surface area contributed by atoms with E-state index in [1.807, 2.05) is 6.92 Å². The molecule has 1 amide bonds. The van der Waals surface area contributed by atoms with Gasteiger partial charge in [-0.3, -0.25) is 9.69 Å². The van der Waals surface area contributed by atoms with E-state index in [0.29, 0.717) is 42.6 Å². The van der Waals surface area contributed by atoms with Crippen LogP contribution in [0.4, 0.5) is 42.8 Å². The van der Waals surface area contributed by atoms with Crippen molar-refractivity contribution in [3.63, 3.8) is 0 Å². The van der Waals surface area contributed by atoms with Crippen LogP contribution in [-0.2, 0) is 23.5 Å². The molecule has 0 bridgehead atoms. The lowest BCUT2D eigenvalue weighted by Gasteiger charge is -2.39. The quantitative estimate of drug-likeness (QED) is 0.224. The summed E-state index contributed by atoms with van der Waals surface area (Å²) >= 11 is 0. The molecule has 4 rings (SSSR count). The van der Waals surface area contributed by atoms with Crippen molar-refractivity contribution < 1.29 is 45.4 Å². The van der Waals surface area contributed by atoms with Gasteiger partial charge in [-0.1, -0.05) is 6.92 Å². The van der Waals surface area contributed by atoms with Gasteiger partial charge in [0.2, 0.25) is 11.8 Å². The number of methoxy groups -OCH3 is 1. The molecular weight excluding hydrogens is 584 g/mol. The number of amides is 1. The summed E-state index contributed by atoms with van der Waals surface area (Å²) in [6, 6.07) is 3.51. The minimum absolute atomic E-state index is 0.0304. The lowest BCUT2D eigenvalue weighted by atomic mass is 9.93. The second-order valence-electron chi connectivity index (χ2n) is 9.63. The summed E-state index contributed by atoms with van der Waals surface area (Å²) in [5.74, 6) is 0.205. The lowest BCUT2D eigenvalue weighted by molar-refractivity contribution is -0.143. The van der Waals surface area contributed by atoms with Gasteiger partial charge in [0.05, 0.1) is 53.5 Å². The van der Waals surface area contributed by atoms with Crippen molar-refractivity contribution in [3.05, 3.63) is 70.2 Å². The van der Waals surface area contributed by atoms with E-state index in [1.54, 1.807) is 19.1 Å². The maximum atomic E-state index is 13.4. The standard InChI is InChI=1S/C28H27F6N5O4/c1-4-19-12-21(24-22(6-7-23(38-24)42-3)39(19)26(41)43-5-2)37-25-35-13-16(14-40)20(36-25)10-15-8-17(27(29,30)31)11-18(9-15)28(32,33)34/h6-9,11,13-14,19,21H,4-5,10,12H2,1-3H3,(H,35,36,37)/t19-,21+/m1/s1. The van der Waals surface area contributed by atoms with Gasteiger partial charge in [0, 0.05) is 24.7 Å². The minimum Gasteiger partial charge on any atom is -0.481 e. The highest BCUT2D eigenvalue weighted by molar-refractivity contribution is 5.90. The highest BCUT2D eigenvalue weighted by atomic mass is 19.4.